The molecule has 3 heteroatoms. The largest absolute Gasteiger partial charge is 0.312 e. The first-order valence-corrected chi connectivity index (χ1v) is 7.95. The molecule has 1 saturated heterocycles. The van der Waals surface area contributed by atoms with Gasteiger partial charge in [0.1, 0.15) is 0 Å². The normalized spacial score (nSPS) is 23.0. The molecule has 2 unspecified atom stereocenters. The average molecular weight is 253 g/mol. The molecule has 1 aliphatic rings. The van der Waals surface area contributed by atoms with Crippen LogP contribution in [-0.4, -0.2) is 29.6 Å². The highest BCUT2D eigenvalue weighted by molar-refractivity contribution is 8.06. The van der Waals surface area contributed by atoms with E-state index in [1.165, 1.54) is 28.4 Å². The van der Waals surface area contributed by atoms with Crippen molar-refractivity contribution in [1.82, 2.24) is 5.32 Å². The van der Waals surface area contributed by atoms with Crippen LogP contribution in [0, 0.1) is 6.92 Å². The van der Waals surface area contributed by atoms with Crippen LogP contribution in [0.5, 0.6) is 0 Å². The molecule has 1 fully saturated rings. The smallest absolute Gasteiger partial charge is 0.0446 e. The second-order valence-electron chi connectivity index (χ2n) is 4.16. The van der Waals surface area contributed by atoms with Crippen LogP contribution in [0.2, 0.25) is 0 Å². The molecular weight excluding hydrogens is 234 g/mol. The SMILES string of the molecule is CNC(c1cccc(C)c1)C1CSCCS1. The molecule has 0 radical (unpaired) electrons. The minimum atomic E-state index is 0.498. The first kappa shape index (κ1) is 12.3. The third-order valence-electron chi connectivity index (χ3n) is 2.93. The third-order valence-corrected chi connectivity index (χ3v) is 5.79. The fraction of sp³-hybridized carbons (Fsp3) is 0.538. The summed E-state index contributed by atoms with van der Waals surface area (Å²) in [6, 6.07) is 9.38. The zero-order valence-electron chi connectivity index (χ0n) is 9.90. The Morgan fingerprint density at radius 3 is 2.88 bits per heavy atom. The molecule has 1 heterocycles. The van der Waals surface area contributed by atoms with Gasteiger partial charge >= 0.3 is 0 Å². The van der Waals surface area contributed by atoms with Crippen LogP contribution in [0.3, 0.4) is 0 Å². The molecule has 0 spiro atoms. The topological polar surface area (TPSA) is 12.0 Å². The standard InChI is InChI=1S/C13H19NS2/c1-10-4-3-5-11(8-10)13(14-2)12-9-15-6-7-16-12/h3-5,8,12-14H,6-7,9H2,1-2H3. The lowest BCUT2D eigenvalue weighted by molar-refractivity contribution is 0.592. The van der Waals surface area contributed by atoms with Gasteiger partial charge in [-0.2, -0.15) is 23.5 Å². The van der Waals surface area contributed by atoms with Gasteiger partial charge in [0.2, 0.25) is 0 Å². The fourth-order valence-electron chi connectivity index (χ4n) is 2.13. The summed E-state index contributed by atoms with van der Waals surface area (Å²) in [5, 5.41) is 4.19. The summed E-state index contributed by atoms with van der Waals surface area (Å²) in [7, 11) is 2.08. The van der Waals surface area contributed by atoms with Crippen LogP contribution in [0.15, 0.2) is 24.3 Å². The van der Waals surface area contributed by atoms with Crippen molar-refractivity contribution in [3.63, 3.8) is 0 Å². The van der Waals surface area contributed by atoms with Crippen LogP contribution in [0.25, 0.3) is 0 Å². The van der Waals surface area contributed by atoms with E-state index < -0.39 is 0 Å². The van der Waals surface area contributed by atoms with E-state index >= 15 is 0 Å². The van der Waals surface area contributed by atoms with Gasteiger partial charge in [-0.25, -0.2) is 0 Å². The highest BCUT2D eigenvalue weighted by atomic mass is 32.2. The Labute approximate surface area is 107 Å². The zero-order chi connectivity index (χ0) is 11.4. The molecule has 2 rings (SSSR count). The molecule has 1 aliphatic heterocycles. The first-order valence-electron chi connectivity index (χ1n) is 5.74. The highest BCUT2D eigenvalue weighted by Gasteiger charge is 2.24. The van der Waals surface area contributed by atoms with E-state index in [9.17, 15) is 0 Å². The molecule has 1 aromatic carbocycles. The molecular formula is C13H19NS2. The van der Waals surface area contributed by atoms with E-state index in [4.69, 9.17) is 0 Å². The number of hydrogen-bond donors (Lipinski definition) is 1. The average Bonchev–Trinajstić information content (AvgIpc) is 2.31. The summed E-state index contributed by atoms with van der Waals surface area (Å²) < 4.78 is 0. The van der Waals surface area contributed by atoms with Crippen molar-refractivity contribution in [3.8, 4) is 0 Å². The van der Waals surface area contributed by atoms with Gasteiger partial charge in [0.15, 0.2) is 0 Å². The Kier molecular flexibility index (Phi) is 4.62. The number of hydrogen-bond acceptors (Lipinski definition) is 3. The van der Waals surface area contributed by atoms with E-state index in [-0.39, 0.29) is 0 Å². The van der Waals surface area contributed by atoms with E-state index in [0.717, 1.165) is 0 Å². The van der Waals surface area contributed by atoms with Gasteiger partial charge in [0.25, 0.3) is 0 Å². The van der Waals surface area contributed by atoms with Gasteiger partial charge in [-0.05, 0) is 19.5 Å². The van der Waals surface area contributed by atoms with Crippen molar-refractivity contribution < 1.29 is 0 Å². The van der Waals surface area contributed by atoms with E-state index in [0.29, 0.717) is 11.3 Å². The van der Waals surface area contributed by atoms with Gasteiger partial charge in [0, 0.05) is 28.6 Å². The Bertz CT molecular complexity index is 334. The number of aryl methyl sites for hydroxylation is 1. The van der Waals surface area contributed by atoms with Crippen molar-refractivity contribution in [2.24, 2.45) is 0 Å². The van der Waals surface area contributed by atoms with Crippen LogP contribution < -0.4 is 5.32 Å². The molecule has 0 aromatic heterocycles. The Hall–Kier alpha value is -0.120. The molecule has 2 atom stereocenters. The van der Waals surface area contributed by atoms with Crippen LogP contribution in [-0.2, 0) is 0 Å². The summed E-state index contributed by atoms with van der Waals surface area (Å²) >= 11 is 4.20. The molecule has 1 aromatic rings. The Morgan fingerprint density at radius 2 is 2.25 bits per heavy atom. The summed E-state index contributed by atoms with van der Waals surface area (Å²) in [6.45, 7) is 2.17. The van der Waals surface area contributed by atoms with Crippen LogP contribution >= 0.6 is 23.5 Å². The number of nitrogens with one attached hydrogen (secondary N) is 1. The molecule has 88 valence electrons. The molecule has 1 nitrogen and oxygen atoms in total. The maximum atomic E-state index is 3.48. The lowest BCUT2D eigenvalue weighted by Crippen LogP contribution is -2.31. The first-order chi connectivity index (χ1) is 7.81. The quantitative estimate of drug-likeness (QED) is 0.889. The zero-order valence-corrected chi connectivity index (χ0v) is 11.5. The third kappa shape index (κ3) is 2.96. The Morgan fingerprint density at radius 1 is 1.38 bits per heavy atom. The summed E-state index contributed by atoms with van der Waals surface area (Å²) in [6.07, 6.45) is 0. The molecule has 16 heavy (non-hydrogen) atoms. The van der Waals surface area contributed by atoms with Crippen molar-refractivity contribution in [1.29, 1.82) is 0 Å². The lowest BCUT2D eigenvalue weighted by atomic mass is 10.0. The minimum absolute atomic E-state index is 0.498. The predicted molar refractivity (Wildman–Crippen MR) is 76.6 cm³/mol. The van der Waals surface area contributed by atoms with E-state index in [1.807, 2.05) is 0 Å². The number of rotatable bonds is 3. The van der Waals surface area contributed by atoms with Crippen LogP contribution in [0.4, 0.5) is 0 Å². The Balaban J connectivity index is 2.14. The summed E-state index contributed by atoms with van der Waals surface area (Å²) in [5.41, 5.74) is 2.79. The predicted octanol–water partition coefficient (Wildman–Crippen LogP) is 3.10. The summed E-state index contributed by atoms with van der Waals surface area (Å²) in [4.78, 5) is 0. The summed E-state index contributed by atoms with van der Waals surface area (Å²) in [5.74, 6) is 3.87. The fourth-order valence-corrected chi connectivity index (χ4v) is 5.04. The maximum Gasteiger partial charge on any atom is 0.0446 e. The molecule has 0 saturated carbocycles. The molecule has 1 N–H and O–H groups in total. The van der Waals surface area contributed by atoms with Crippen molar-refractivity contribution >= 4 is 23.5 Å². The second kappa shape index (κ2) is 5.99. The molecule has 0 amide bonds. The minimum Gasteiger partial charge on any atom is -0.312 e. The van der Waals surface area contributed by atoms with Crippen molar-refractivity contribution in [3.05, 3.63) is 35.4 Å². The highest BCUT2D eigenvalue weighted by Crippen LogP contribution is 2.33. The van der Waals surface area contributed by atoms with Gasteiger partial charge in [-0.15, -0.1) is 0 Å². The maximum absolute atomic E-state index is 3.48. The van der Waals surface area contributed by atoms with Gasteiger partial charge < -0.3 is 5.32 Å². The number of benzene rings is 1. The van der Waals surface area contributed by atoms with E-state index in [2.05, 4.69) is 67.1 Å². The molecule has 0 bridgehead atoms. The van der Waals surface area contributed by atoms with Gasteiger partial charge in [-0.1, -0.05) is 29.8 Å². The molecule has 0 aliphatic carbocycles. The van der Waals surface area contributed by atoms with E-state index in [1.54, 1.807) is 0 Å². The monoisotopic (exact) mass is 253 g/mol. The van der Waals surface area contributed by atoms with Crippen molar-refractivity contribution in [2.45, 2.75) is 18.2 Å². The van der Waals surface area contributed by atoms with Crippen LogP contribution in [0.1, 0.15) is 17.2 Å². The lowest BCUT2D eigenvalue weighted by Gasteiger charge is -2.29. The second-order valence-corrected chi connectivity index (χ2v) is 6.66. The number of thioether (sulfide) groups is 2. The van der Waals surface area contributed by atoms with Crippen molar-refractivity contribution in [2.75, 3.05) is 24.3 Å². The van der Waals surface area contributed by atoms with Gasteiger partial charge in [0.05, 0.1) is 0 Å². The van der Waals surface area contributed by atoms with Gasteiger partial charge in [-0.3, -0.25) is 0 Å².